The summed E-state index contributed by atoms with van der Waals surface area (Å²) in [7, 11) is -3.67. The van der Waals surface area contributed by atoms with Crippen molar-refractivity contribution in [3.63, 3.8) is 0 Å². The molecule has 9 heteroatoms. The first-order chi connectivity index (χ1) is 13.2. The molecule has 1 fully saturated rings. The third-order valence-electron chi connectivity index (χ3n) is 5.05. The third-order valence-corrected chi connectivity index (χ3v) is 6.83. The number of nitrogens with one attached hydrogen (secondary N) is 1. The van der Waals surface area contributed by atoms with Crippen LogP contribution in [0, 0.1) is 18.7 Å². The maximum absolute atomic E-state index is 13.2. The van der Waals surface area contributed by atoms with Crippen molar-refractivity contribution in [1.29, 1.82) is 0 Å². The first-order valence-corrected chi connectivity index (χ1v) is 10.7. The Hall–Kier alpha value is -2.26. The summed E-state index contributed by atoms with van der Waals surface area (Å²) in [5.41, 5.74) is 1.22. The van der Waals surface area contributed by atoms with Gasteiger partial charge in [0.25, 0.3) is 10.0 Å². The van der Waals surface area contributed by atoms with Gasteiger partial charge < -0.3 is 9.88 Å². The molecule has 0 saturated carbocycles. The number of piperidine rings is 1. The molecule has 1 aliphatic rings. The van der Waals surface area contributed by atoms with Crippen molar-refractivity contribution >= 4 is 21.6 Å². The van der Waals surface area contributed by atoms with Crippen LogP contribution in [0.1, 0.15) is 38.3 Å². The van der Waals surface area contributed by atoms with Gasteiger partial charge in [-0.25, -0.2) is 17.8 Å². The van der Waals surface area contributed by atoms with Crippen LogP contribution in [-0.2, 0) is 14.8 Å². The monoisotopic (exact) mass is 408 g/mol. The van der Waals surface area contributed by atoms with E-state index in [0.717, 1.165) is 0 Å². The Kier molecular flexibility index (Phi) is 5.85. The average Bonchev–Trinajstić information content (AvgIpc) is 3.15. The molecular weight excluding hydrogens is 383 g/mol. The van der Waals surface area contributed by atoms with Crippen LogP contribution in [0.3, 0.4) is 0 Å². The molecule has 2 heterocycles. The molecule has 0 radical (unpaired) electrons. The zero-order valence-electron chi connectivity index (χ0n) is 16.2. The zero-order chi connectivity index (χ0) is 20.5. The number of sulfonamides is 1. The number of imidazole rings is 1. The van der Waals surface area contributed by atoms with E-state index in [0.29, 0.717) is 24.1 Å². The SMILES string of the molecule is Cc1cc(F)ccc1NC(=O)C1CCN(S(=O)(=O)c2cn(C(C)C)cn2)CC1. The van der Waals surface area contributed by atoms with Crippen LogP contribution >= 0.6 is 0 Å². The van der Waals surface area contributed by atoms with E-state index in [1.807, 2.05) is 13.8 Å². The molecule has 0 unspecified atom stereocenters. The van der Waals surface area contributed by atoms with Gasteiger partial charge >= 0.3 is 0 Å². The van der Waals surface area contributed by atoms with Gasteiger partial charge in [-0.2, -0.15) is 4.31 Å². The number of carbonyl (C=O) groups excluding carboxylic acids is 1. The number of hydrogen-bond donors (Lipinski definition) is 1. The van der Waals surface area contributed by atoms with E-state index < -0.39 is 10.0 Å². The molecule has 28 heavy (non-hydrogen) atoms. The van der Waals surface area contributed by atoms with Gasteiger partial charge in [0.05, 0.1) is 6.33 Å². The predicted molar refractivity (Wildman–Crippen MR) is 104 cm³/mol. The molecule has 3 rings (SSSR count). The normalized spacial score (nSPS) is 16.5. The van der Waals surface area contributed by atoms with E-state index in [4.69, 9.17) is 0 Å². The Balaban J connectivity index is 1.62. The fraction of sp³-hybridized carbons (Fsp3) is 0.474. The smallest absolute Gasteiger partial charge is 0.262 e. The van der Waals surface area contributed by atoms with Crippen molar-refractivity contribution < 1.29 is 17.6 Å². The summed E-state index contributed by atoms with van der Waals surface area (Å²) in [5, 5.41) is 2.85. The van der Waals surface area contributed by atoms with Crippen LogP contribution < -0.4 is 5.32 Å². The van der Waals surface area contributed by atoms with Crippen molar-refractivity contribution in [2.24, 2.45) is 5.92 Å². The Morgan fingerprint density at radius 2 is 1.96 bits per heavy atom. The first kappa shape index (κ1) is 20.5. The lowest BCUT2D eigenvalue weighted by Gasteiger charge is -2.30. The quantitative estimate of drug-likeness (QED) is 0.824. The number of rotatable bonds is 5. The number of benzene rings is 1. The van der Waals surface area contributed by atoms with Crippen LogP contribution in [0.5, 0.6) is 0 Å². The van der Waals surface area contributed by atoms with Crippen LogP contribution in [0.2, 0.25) is 0 Å². The fourth-order valence-electron chi connectivity index (χ4n) is 3.23. The minimum Gasteiger partial charge on any atom is -0.334 e. The van der Waals surface area contributed by atoms with E-state index in [2.05, 4.69) is 10.3 Å². The number of halogens is 1. The van der Waals surface area contributed by atoms with Gasteiger partial charge in [0.15, 0.2) is 5.03 Å². The molecule has 1 N–H and O–H groups in total. The van der Waals surface area contributed by atoms with Crippen molar-refractivity contribution in [2.75, 3.05) is 18.4 Å². The molecule has 2 aromatic rings. The highest BCUT2D eigenvalue weighted by molar-refractivity contribution is 7.89. The zero-order valence-corrected chi connectivity index (χ0v) is 17.0. The van der Waals surface area contributed by atoms with Gasteiger partial charge in [0, 0.05) is 36.9 Å². The summed E-state index contributed by atoms with van der Waals surface area (Å²) < 4.78 is 41.9. The van der Waals surface area contributed by atoms with Gasteiger partial charge in [-0.3, -0.25) is 4.79 Å². The van der Waals surface area contributed by atoms with Gasteiger partial charge in [-0.1, -0.05) is 0 Å². The van der Waals surface area contributed by atoms with Gasteiger partial charge in [-0.15, -0.1) is 0 Å². The van der Waals surface area contributed by atoms with Crippen molar-refractivity contribution in [3.8, 4) is 0 Å². The molecule has 0 atom stereocenters. The van der Waals surface area contributed by atoms with E-state index in [-0.39, 0.29) is 41.8 Å². The first-order valence-electron chi connectivity index (χ1n) is 9.29. The lowest BCUT2D eigenvalue weighted by atomic mass is 9.97. The Bertz CT molecular complexity index is 963. The molecule has 0 spiro atoms. The molecule has 1 aromatic heterocycles. The molecule has 152 valence electrons. The summed E-state index contributed by atoms with van der Waals surface area (Å²) >= 11 is 0. The molecule has 1 aromatic carbocycles. The second-order valence-electron chi connectivity index (χ2n) is 7.38. The number of nitrogens with zero attached hydrogens (tertiary/aromatic N) is 3. The lowest BCUT2D eigenvalue weighted by molar-refractivity contribution is -0.120. The Morgan fingerprint density at radius 3 is 2.54 bits per heavy atom. The molecule has 1 aliphatic heterocycles. The summed E-state index contributed by atoms with van der Waals surface area (Å²) in [4.78, 5) is 16.6. The molecule has 0 bridgehead atoms. The van der Waals surface area contributed by atoms with E-state index in [9.17, 15) is 17.6 Å². The summed E-state index contributed by atoms with van der Waals surface area (Å²) in [5.74, 6) is -0.811. The summed E-state index contributed by atoms with van der Waals surface area (Å²) in [6.45, 7) is 6.15. The molecule has 7 nitrogen and oxygen atoms in total. The van der Waals surface area contributed by atoms with Crippen molar-refractivity contribution in [3.05, 3.63) is 42.1 Å². The topological polar surface area (TPSA) is 84.3 Å². The highest BCUT2D eigenvalue weighted by Crippen LogP contribution is 2.25. The van der Waals surface area contributed by atoms with Gasteiger partial charge in [0.2, 0.25) is 5.91 Å². The molecule has 1 amide bonds. The van der Waals surface area contributed by atoms with Gasteiger partial charge in [-0.05, 0) is 57.4 Å². The summed E-state index contributed by atoms with van der Waals surface area (Å²) in [6.07, 6.45) is 3.91. The highest BCUT2D eigenvalue weighted by Gasteiger charge is 2.33. The third kappa shape index (κ3) is 4.25. The number of carbonyl (C=O) groups is 1. The van der Waals surface area contributed by atoms with Crippen LogP contribution in [0.15, 0.2) is 35.7 Å². The Labute approximate surface area is 164 Å². The van der Waals surface area contributed by atoms with Gasteiger partial charge in [0.1, 0.15) is 5.82 Å². The largest absolute Gasteiger partial charge is 0.334 e. The second kappa shape index (κ2) is 8.00. The summed E-state index contributed by atoms with van der Waals surface area (Å²) in [6, 6.07) is 4.32. The fourth-order valence-corrected chi connectivity index (χ4v) is 4.62. The number of aromatic nitrogens is 2. The average molecular weight is 408 g/mol. The van der Waals surface area contributed by atoms with Crippen LogP contribution in [0.4, 0.5) is 10.1 Å². The van der Waals surface area contributed by atoms with Crippen molar-refractivity contribution in [1.82, 2.24) is 13.9 Å². The standard InChI is InChI=1S/C19H25FN4O3S/c1-13(2)23-11-18(21-12-23)28(26,27)24-8-6-15(7-9-24)19(25)22-17-5-4-16(20)10-14(17)3/h4-5,10-13,15H,6-9H2,1-3H3,(H,22,25). The molecule has 1 saturated heterocycles. The number of aryl methyl sites for hydroxylation is 1. The van der Waals surface area contributed by atoms with E-state index >= 15 is 0 Å². The van der Waals surface area contributed by atoms with E-state index in [1.54, 1.807) is 11.5 Å². The lowest BCUT2D eigenvalue weighted by Crippen LogP contribution is -2.41. The Morgan fingerprint density at radius 1 is 1.29 bits per heavy atom. The molecular formula is C19H25FN4O3S. The van der Waals surface area contributed by atoms with Crippen LogP contribution in [-0.4, -0.2) is 41.3 Å². The number of anilines is 1. The van der Waals surface area contributed by atoms with E-state index in [1.165, 1.54) is 35.0 Å². The minimum absolute atomic E-state index is 0.0334. The second-order valence-corrected chi connectivity index (χ2v) is 9.26. The van der Waals surface area contributed by atoms with Crippen LogP contribution in [0.25, 0.3) is 0 Å². The molecule has 0 aliphatic carbocycles. The highest BCUT2D eigenvalue weighted by atomic mass is 32.2. The van der Waals surface area contributed by atoms with Crippen molar-refractivity contribution in [2.45, 2.75) is 44.7 Å². The predicted octanol–water partition coefficient (Wildman–Crippen LogP) is 2.95. The number of hydrogen-bond acceptors (Lipinski definition) is 4. The minimum atomic E-state index is -3.67. The number of amides is 1. The maximum Gasteiger partial charge on any atom is 0.262 e. The maximum atomic E-state index is 13.2.